The fourth-order valence-electron chi connectivity index (χ4n) is 2.23. The fourth-order valence-corrected chi connectivity index (χ4v) is 2.23. The van der Waals surface area contributed by atoms with Crippen molar-refractivity contribution in [3.8, 4) is 0 Å². The van der Waals surface area contributed by atoms with Crippen LogP contribution in [0.5, 0.6) is 0 Å². The quantitative estimate of drug-likeness (QED) is 0.820. The molecule has 0 atom stereocenters. The Hall–Kier alpha value is -2.29. The third-order valence-corrected chi connectivity index (χ3v) is 3.68. The van der Waals surface area contributed by atoms with E-state index in [0.717, 1.165) is 16.9 Å². The number of amides is 1. The van der Waals surface area contributed by atoms with Crippen LogP contribution in [0.3, 0.4) is 0 Å². The maximum absolute atomic E-state index is 11.9. The first kappa shape index (κ1) is 16.1. The molecule has 3 nitrogen and oxygen atoms in total. The number of aryl methyl sites for hydroxylation is 1. The van der Waals surface area contributed by atoms with Gasteiger partial charge in [-0.05, 0) is 42.2 Å². The van der Waals surface area contributed by atoms with Crippen molar-refractivity contribution in [3.05, 3.63) is 59.7 Å². The van der Waals surface area contributed by atoms with Crippen LogP contribution < -0.4 is 10.6 Å². The molecule has 0 radical (unpaired) electrons. The molecule has 0 fully saturated rings. The largest absolute Gasteiger partial charge is 0.385 e. The Morgan fingerprint density at radius 2 is 1.73 bits per heavy atom. The van der Waals surface area contributed by atoms with Gasteiger partial charge < -0.3 is 10.6 Å². The number of carbonyl (C=O) groups is 1. The minimum absolute atomic E-state index is 0.0283. The molecule has 2 rings (SSSR count). The maximum Gasteiger partial charge on any atom is 0.226 e. The van der Waals surface area contributed by atoms with Crippen LogP contribution >= 0.6 is 0 Å². The van der Waals surface area contributed by atoms with Crippen LogP contribution in [0.2, 0.25) is 0 Å². The van der Waals surface area contributed by atoms with Gasteiger partial charge in [-0.15, -0.1) is 0 Å². The molecule has 0 aliphatic rings. The van der Waals surface area contributed by atoms with Crippen molar-refractivity contribution in [3.63, 3.8) is 0 Å². The van der Waals surface area contributed by atoms with E-state index in [4.69, 9.17) is 0 Å². The van der Waals surface area contributed by atoms with Gasteiger partial charge >= 0.3 is 0 Å². The third kappa shape index (κ3) is 4.62. The zero-order chi connectivity index (χ0) is 15.9. The predicted octanol–water partition coefficient (Wildman–Crippen LogP) is 4.56. The Bertz CT molecular complexity index is 618. The van der Waals surface area contributed by atoms with Crippen molar-refractivity contribution < 1.29 is 4.79 Å². The topological polar surface area (TPSA) is 41.1 Å². The molecule has 3 heteroatoms. The highest BCUT2D eigenvalue weighted by Crippen LogP contribution is 2.17. The van der Waals surface area contributed by atoms with Crippen LogP contribution in [0.4, 0.5) is 11.4 Å². The molecule has 0 aliphatic heterocycles. The van der Waals surface area contributed by atoms with E-state index in [1.807, 2.05) is 31.2 Å². The van der Waals surface area contributed by atoms with Crippen molar-refractivity contribution in [2.75, 3.05) is 17.2 Å². The molecule has 0 heterocycles. The molecule has 0 spiro atoms. The normalized spacial score (nSPS) is 10.5. The molecule has 22 heavy (non-hydrogen) atoms. The Morgan fingerprint density at radius 3 is 2.36 bits per heavy atom. The van der Waals surface area contributed by atoms with Crippen molar-refractivity contribution in [1.29, 1.82) is 0 Å². The third-order valence-electron chi connectivity index (χ3n) is 3.68. The number of hydrogen-bond acceptors (Lipinski definition) is 2. The lowest BCUT2D eigenvalue weighted by molar-refractivity contribution is -0.115. The summed E-state index contributed by atoms with van der Waals surface area (Å²) in [6.07, 6.45) is 0.445. The number of rotatable bonds is 6. The van der Waals surface area contributed by atoms with Gasteiger partial charge in [0.15, 0.2) is 0 Å². The Labute approximate surface area is 132 Å². The van der Waals surface area contributed by atoms with E-state index in [9.17, 15) is 4.79 Å². The van der Waals surface area contributed by atoms with Gasteiger partial charge in [0.2, 0.25) is 5.91 Å². The molecular formula is C19H24N2O. The predicted molar refractivity (Wildman–Crippen MR) is 93.4 cm³/mol. The van der Waals surface area contributed by atoms with E-state index in [-0.39, 0.29) is 5.91 Å². The highest BCUT2D eigenvalue weighted by Gasteiger charge is 2.04. The summed E-state index contributed by atoms with van der Waals surface area (Å²) in [5, 5.41) is 6.22. The lowest BCUT2D eigenvalue weighted by Crippen LogP contribution is -2.16. The van der Waals surface area contributed by atoms with Gasteiger partial charge in [0, 0.05) is 24.3 Å². The van der Waals surface area contributed by atoms with Gasteiger partial charge in [-0.1, -0.05) is 44.2 Å². The van der Waals surface area contributed by atoms with Gasteiger partial charge in [-0.3, -0.25) is 4.79 Å². The van der Waals surface area contributed by atoms with Crippen LogP contribution in [-0.4, -0.2) is 12.5 Å². The second-order valence-corrected chi connectivity index (χ2v) is 5.82. The minimum Gasteiger partial charge on any atom is -0.385 e. The number of carbonyl (C=O) groups excluding carboxylic acids is 1. The van der Waals surface area contributed by atoms with E-state index in [0.29, 0.717) is 18.9 Å². The van der Waals surface area contributed by atoms with Crippen LogP contribution in [0, 0.1) is 6.92 Å². The average Bonchev–Trinajstić information content (AvgIpc) is 2.50. The summed E-state index contributed by atoms with van der Waals surface area (Å²) in [5.74, 6) is 0.564. The average molecular weight is 296 g/mol. The van der Waals surface area contributed by atoms with Crippen molar-refractivity contribution in [1.82, 2.24) is 0 Å². The smallest absolute Gasteiger partial charge is 0.226 e. The monoisotopic (exact) mass is 296 g/mol. The van der Waals surface area contributed by atoms with E-state index in [1.165, 1.54) is 5.56 Å². The van der Waals surface area contributed by atoms with E-state index < -0.39 is 0 Å². The van der Waals surface area contributed by atoms with Gasteiger partial charge in [0.1, 0.15) is 0 Å². The van der Waals surface area contributed by atoms with Crippen molar-refractivity contribution in [2.45, 2.75) is 33.1 Å². The number of nitrogens with one attached hydrogen (secondary N) is 2. The maximum atomic E-state index is 11.9. The molecule has 0 saturated heterocycles. The highest BCUT2D eigenvalue weighted by atomic mass is 16.1. The van der Waals surface area contributed by atoms with Crippen LogP contribution in [0.15, 0.2) is 48.5 Å². The molecule has 1 amide bonds. The van der Waals surface area contributed by atoms with Crippen LogP contribution in [0.1, 0.15) is 37.3 Å². The van der Waals surface area contributed by atoms with Gasteiger partial charge in [0.05, 0.1) is 0 Å². The van der Waals surface area contributed by atoms with Gasteiger partial charge in [-0.2, -0.15) is 0 Å². The highest BCUT2D eigenvalue weighted by molar-refractivity contribution is 5.91. The summed E-state index contributed by atoms with van der Waals surface area (Å²) in [6.45, 7) is 6.97. The summed E-state index contributed by atoms with van der Waals surface area (Å²) in [5.41, 5.74) is 4.33. The molecule has 2 N–H and O–H groups in total. The van der Waals surface area contributed by atoms with Crippen molar-refractivity contribution >= 4 is 17.3 Å². The van der Waals surface area contributed by atoms with E-state index in [1.54, 1.807) is 0 Å². The van der Waals surface area contributed by atoms with E-state index in [2.05, 4.69) is 48.7 Å². The number of hydrogen-bond donors (Lipinski definition) is 2. The van der Waals surface area contributed by atoms with Crippen LogP contribution in [-0.2, 0) is 4.79 Å². The first-order chi connectivity index (χ1) is 10.6. The zero-order valence-electron chi connectivity index (χ0n) is 13.5. The molecule has 0 aromatic heterocycles. The molecule has 0 unspecified atom stereocenters. The molecule has 0 bridgehead atoms. The molecule has 116 valence electrons. The van der Waals surface area contributed by atoms with Gasteiger partial charge in [-0.25, -0.2) is 0 Å². The van der Waals surface area contributed by atoms with Crippen LogP contribution in [0.25, 0.3) is 0 Å². The Morgan fingerprint density at radius 1 is 1.05 bits per heavy atom. The van der Waals surface area contributed by atoms with Crippen molar-refractivity contribution in [2.24, 2.45) is 0 Å². The standard InChI is InChI=1S/C19H24N2O/c1-14(2)16-8-10-17(11-9-16)20-13-12-19(22)21-18-7-5-4-6-15(18)3/h4-11,14,20H,12-13H2,1-3H3,(H,21,22). The minimum atomic E-state index is 0.0283. The summed E-state index contributed by atoms with van der Waals surface area (Å²) in [4.78, 5) is 11.9. The molecule has 0 saturated carbocycles. The molecular weight excluding hydrogens is 272 g/mol. The Balaban J connectivity index is 1.78. The zero-order valence-corrected chi connectivity index (χ0v) is 13.5. The van der Waals surface area contributed by atoms with Gasteiger partial charge in [0.25, 0.3) is 0 Å². The molecule has 2 aromatic rings. The fraction of sp³-hybridized carbons (Fsp3) is 0.316. The molecule has 0 aliphatic carbocycles. The number of anilines is 2. The second-order valence-electron chi connectivity index (χ2n) is 5.82. The first-order valence-corrected chi connectivity index (χ1v) is 7.75. The second kappa shape index (κ2) is 7.64. The Kier molecular flexibility index (Phi) is 5.59. The summed E-state index contributed by atoms with van der Waals surface area (Å²) >= 11 is 0. The number of para-hydroxylation sites is 1. The molecule has 2 aromatic carbocycles. The summed E-state index contributed by atoms with van der Waals surface area (Å²) in [7, 11) is 0. The lowest BCUT2D eigenvalue weighted by atomic mass is 10.0. The summed E-state index contributed by atoms with van der Waals surface area (Å²) < 4.78 is 0. The SMILES string of the molecule is Cc1ccccc1NC(=O)CCNc1ccc(C(C)C)cc1. The van der Waals surface area contributed by atoms with E-state index >= 15 is 0 Å². The lowest BCUT2D eigenvalue weighted by Gasteiger charge is -2.10. The summed E-state index contributed by atoms with van der Waals surface area (Å²) in [6, 6.07) is 16.2. The first-order valence-electron chi connectivity index (χ1n) is 7.75. The number of benzene rings is 2.